The van der Waals surface area contributed by atoms with Crippen molar-refractivity contribution in [1.29, 1.82) is 0 Å². The average Bonchev–Trinajstić information content (AvgIpc) is 3.30. The highest BCUT2D eigenvalue weighted by atomic mass is 79.9. The van der Waals surface area contributed by atoms with Crippen LogP contribution in [0.3, 0.4) is 0 Å². The molecule has 0 saturated carbocycles. The summed E-state index contributed by atoms with van der Waals surface area (Å²) in [5.41, 5.74) is 1.26. The van der Waals surface area contributed by atoms with Crippen LogP contribution in [-0.4, -0.2) is 35.4 Å². The summed E-state index contributed by atoms with van der Waals surface area (Å²) in [6.07, 6.45) is 0. The van der Waals surface area contributed by atoms with Crippen molar-refractivity contribution >= 4 is 50.7 Å². The van der Waals surface area contributed by atoms with Crippen molar-refractivity contribution in [1.82, 2.24) is 4.90 Å². The number of benzene rings is 3. The molecule has 0 aliphatic carbocycles. The summed E-state index contributed by atoms with van der Waals surface area (Å²) in [5, 5.41) is 16.3. The minimum Gasteiger partial charge on any atom is -0.489 e. The summed E-state index contributed by atoms with van der Waals surface area (Å²) in [6, 6.07) is 16.6. The van der Waals surface area contributed by atoms with E-state index >= 15 is 0 Å². The first kappa shape index (κ1) is 24.1. The van der Waals surface area contributed by atoms with E-state index in [0.717, 1.165) is 10.0 Å². The molecule has 1 saturated heterocycles. The van der Waals surface area contributed by atoms with E-state index in [4.69, 9.17) is 27.9 Å². The van der Waals surface area contributed by atoms with Gasteiger partial charge in [0.2, 0.25) is 0 Å². The van der Waals surface area contributed by atoms with Crippen LogP contribution in [0.4, 0.5) is 5.69 Å². The number of rotatable bonds is 5. The largest absolute Gasteiger partial charge is 0.489 e. The second kappa shape index (κ2) is 9.09. The molecular formula is C25H20BrCl2N3O4. The molecule has 5 rings (SSSR count). The Morgan fingerprint density at radius 1 is 1.17 bits per heavy atom. The summed E-state index contributed by atoms with van der Waals surface area (Å²) in [7, 11) is 1.76. The molecule has 3 atom stereocenters. The van der Waals surface area contributed by atoms with Gasteiger partial charge in [0.05, 0.1) is 16.0 Å². The fraction of sp³-hybridized carbons (Fsp3) is 0.240. The van der Waals surface area contributed by atoms with E-state index in [9.17, 15) is 14.9 Å². The highest BCUT2D eigenvalue weighted by Crippen LogP contribution is 2.53. The van der Waals surface area contributed by atoms with Crippen molar-refractivity contribution in [3.05, 3.63) is 102 Å². The smallest absolute Gasteiger partial charge is 0.256 e. The maximum absolute atomic E-state index is 13.4. The van der Waals surface area contributed by atoms with E-state index in [1.165, 1.54) is 0 Å². The van der Waals surface area contributed by atoms with Crippen LogP contribution in [0, 0.1) is 10.1 Å². The molecular weight excluding hydrogens is 557 g/mol. The molecule has 180 valence electrons. The Labute approximate surface area is 220 Å². The lowest BCUT2D eigenvalue weighted by molar-refractivity contribution is -0.534. The molecule has 2 aliphatic heterocycles. The van der Waals surface area contributed by atoms with Gasteiger partial charge in [-0.3, -0.25) is 19.8 Å². The number of nitro groups is 1. The van der Waals surface area contributed by atoms with Crippen molar-refractivity contribution in [3.63, 3.8) is 0 Å². The molecule has 2 aliphatic rings. The number of anilines is 1. The monoisotopic (exact) mass is 575 g/mol. The molecule has 1 fully saturated rings. The van der Waals surface area contributed by atoms with Crippen molar-refractivity contribution < 1.29 is 14.5 Å². The predicted molar refractivity (Wildman–Crippen MR) is 138 cm³/mol. The van der Waals surface area contributed by atoms with Crippen LogP contribution in [0.2, 0.25) is 10.0 Å². The SMILES string of the molecule is CN1C[C@H](c2cc(Br)ccc2OCc2ccc(Cl)c(Cl)c2)[C@@H]([N+](=O)[O-])[C@]12C(=O)Nc1ccccc12. The number of nitrogens with zero attached hydrogens (tertiary/aromatic N) is 2. The number of carbonyl (C=O) groups excluding carboxylic acids is 1. The zero-order chi connectivity index (χ0) is 24.9. The predicted octanol–water partition coefficient (Wildman–Crippen LogP) is 5.86. The number of likely N-dealkylation sites (N-methyl/N-ethyl adjacent to an activating group) is 1. The van der Waals surface area contributed by atoms with Crippen LogP contribution < -0.4 is 10.1 Å². The van der Waals surface area contributed by atoms with Crippen LogP contribution in [0.15, 0.2) is 65.1 Å². The topological polar surface area (TPSA) is 84.7 Å². The summed E-state index contributed by atoms with van der Waals surface area (Å²) in [6.45, 7) is 0.499. The molecule has 0 unspecified atom stereocenters. The number of nitrogens with one attached hydrogen (secondary N) is 1. The Morgan fingerprint density at radius 2 is 1.94 bits per heavy atom. The van der Waals surface area contributed by atoms with Crippen LogP contribution in [-0.2, 0) is 16.9 Å². The van der Waals surface area contributed by atoms with Gasteiger partial charge in [0.25, 0.3) is 11.9 Å². The fourth-order valence-electron chi connectivity index (χ4n) is 5.29. The number of halogens is 3. The zero-order valence-corrected chi connectivity index (χ0v) is 21.6. The van der Waals surface area contributed by atoms with Gasteiger partial charge >= 0.3 is 0 Å². The lowest BCUT2D eigenvalue weighted by Crippen LogP contribution is -2.54. The summed E-state index contributed by atoms with van der Waals surface area (Å²) < 4.78 is 6.89. The first-order valence-corrected chi connectivity index (χ1v) is 12.4. The number of ether oxygens (including phenoxy) is 1. The molecule has 10 heteroatoms. The van der Waals surface area contributed by atoms with Gasteiger partial charge in [0.15, 0.2) is 5.54 Å². The molecule has 1 spiro atoms. The lowest BCUT2D eigenvalue weighted by Gasteiger charge is -2.30. The van der Waals surface area contributed by atoms with Crippen LogP contribution >= 0.6 is 39.1 Å². The average molecular weight is 577 g/mol. The Hall–Kier alpha value is -2.65. The van der Waals surface area contributed by atoms with Gasteiger partial charge in [0.1, 0.15) is 12.4 Å². The molecule has 1 N–H and O–H groups in total. The number of fused-ring (bicyclic) bond motifs is 2. The van der Waals surface area contributed by atoms with E-state index in [0.29, 0.717) is 39.2 Å². The minimum absolute atomic E-state index is 0.200. The van der Waals surface area contributed by atoms with Crippen LogP contribution in [0.1, 0.15) is 22.6 Å². The highest BCUT2D eigenvalue weighted by Gasteiger charge is 2.68. The number of likely N-dealkylation sites (tertiary alicyclic amines) is 1. The zero-order valence-electron chi connectivity index (χ0n) is 18.5. The third-order valence-electron chi connectivity index (χ3n) is 6.79. The van der Waals surface area contributed by atoms with Crippen LogP contribution in [0.5, 0.6) is 5.75 Å². The first-order valence-electron chi connectivity index (χ1n) is 10.9. The van der Waals surface area contributed by atoms with Gasteiger partial charge < -0.3 is 10.1 Å². The Kier molecular flexibility index (Phi) is 6.25. The second-order valence-corrected chi connectivity index (χ2v) is 10.4. The molecule has 3 aromatic rings. The number of hydrogen-bond acceptors (Lipinski definition) is 5. The minimum atomic E-state index is -1.42. The van der Waals surface area contributed by atoms with Gasteiger partial charge in [-0.05, 0) is 49.0 Å². The second-order valence-electron chi connectivity index (χ2n) is 8.70. The van der Waals surface area contributed by atoms with Crippen molar-refractivity contribution in [3.8, 4) is 5.75 Å². The number of para-hydroxylation sites is 1. The molecule has 0 bridgehead atoms. The molecule has 3 aromatic carbocycles. The van der Waals surface area contributed by atoms with E-state index in [-0.39, 0.29) is 11.5 Å². The third kappa shape index (κ3) is 3.89. The normalized spacial score (nSPS) is 23.4. The number of amides is 1. The molecule has 2 heterocycles. The van der Waals surface area contributed by atoms with E-state index in [1.807, 2.05) is 18.2 Å². The van der Waals surface area contributed by atoms with Gasteiger partial charge in [-0.25, -0.2) is 0 Å². The molecule has 0 aromatic heterocycles. The van der Waals surface area contributed by atoms with Gasteiger partial charge in [0, 0.05) is 32.8 Å². The lowest BCUT2D eigenvalue weighted by atomic mass is 9.79. The third-order valence-corrected chi connectivity index (χ3v) is 8.02. The maximum atomic E-state index is 13.4. The molecule has 35 heavy (non-hydrogen) atoms. The molecule has 0 radical (unpaired) electrons. The molecule has 7 nitrogen and oxygen atoms in total. The van der Waals surface area contributed by atoms with Gasteiger partial charge in [-0.2, -0.15) is 0 Å². The van der Waals surface area contributed by atoms with E-state index in [1.54, 1.807) is 54.4 Å². The van der Waals surface area contributed by atoms with Gasteiger partial charge in [-0.1, -0.05) is 63.4 Å². The fourth-order valence-corrected chi connectivity index (χ4v) is 5.99. The van der Waals surface area contributed by atoms with E-state index < -0.39 is 23.4 Å². The number of hydrogen-bond donors (Lipinski definition) is 1. The van der Waals surface area contributed by atoms with Crippen molar-refractivity contribution in [2.75, 3.05) is 18.9 Å². The first-order chi connectivity index (χ1) is 16.7. The Balaban J connectivity index is 1.56. The van der Waals surface area contributed by atoms with Gasteiger partial charge in [-0.15, -0.1) is 0 Å². The quantitative estimate of drug-likeness (QED) is 0.304. The summed E-state index contributed by atoms with van der Waals surface area (Å²) in [4.78, 5) is 27.4. The van der Waals surface area contributed by atoms with Crippen LogP contribution in [0.25, 0.3) is 0 Å². The van der Waals surface area contributed by atoms with Crippen molar-refractivity contribution in [2.45, 2.75) is 24.1 Å². The van der Waals surface area contributed by atoms with Crippen molar-refractivity contribution in [2.24, 2.45) is 0 Å². The maximum Gasteiger partial charge on any atom is 0.256 e. The standard InChI is InChI=1S/C25H20BrCl2N3O4/c1-30-12-17(23(31(33)34)25(30)18-4-2-3-5-21(18)29-24(25)32)16-11-15(26)7-9-22(16)35-13-14-6-8-19(27)20(28)10-14/h2-11,17,23H,12-13H2,1H3,(H,29,32)/t17-,23-,25-/m1/s1. The van der Waals surface area contributed by atoms with E-state index in [2.05, 4.69) is 21.2 Å². The molecule has 1 amide bonds. The Morgan fingerprint density at radius 3 is 2.69 bits per heavy atom. The summed E-state index contributed by atoms with van der Waals surface area (Å²) in [5.74, 6) is -0.486. The number of carbonyl (C=O) groups is 1. The summed E-state index contributed by atoms with van der Waals surface area (Å²) >= 11 is 15.6. The highest BCUT2D eigenvalue weighted by molar-refractivity contribution is 9.10. The Bertz CT molecular complexity index is 1350.